The van der Waals surface area contributed by atoms with Gasteiger partial charge in [0.05, 0.1) is 6.04 Å². The Kier molecular flexibility index (Phi) is 2.36. The second-order valence-corrected chi connectivity index (χ2v) is 6.68. The van der Waals surface area contributed by atoms with Crippen LogP contribution in [0.15, 0.2) is 12.1 Å². The third-order valence-electron chi connectivity index (χ3n) is 5.57. The SMILES string of the molecule is Cc1ccc2n1CCN(C(=O)C1CC3CC3C1)C2C. The minimum atomic E-state index is 0.242. The fourth-order valence-corrected chi connectivity index (χ4v) is 4.27. The van der Waals surface area contributed by atoms with Crippen molar-refractivity contribution in [3.05, 3.63) is 23.5 Å². The maximum Gasteiger partial charge on any atom is 0.226 e. The number of fused-ring (bicyclic) bond motifs is 2. The highest BCUT2D eigenvalue weighted by Gasteiger charge is 2.49. The fraction of sp³-hybridized carbons (Fsp3) is 0.688. The summed E-state index contributed by atoms with van der Waals surface area (Å²) in [4.78, 5) is 14.8. The molecule has 2 saturated carbocycles. The van der Waals surface area contributed by atoms with Crippen LogP contribution >= 0.6 is 0 Å². The zero-order chi connectivity index (χ0) is 13.1. The molecule has 0 saturated heterocycles. The van der Waals surface area contributed by atoms with Crippen molar-refractivity contribution in [2.24, 2.45) is 17.8 Å². The van der Waals surface area contributed by atoms with Gasteiger partial charge in [0.1, 0.15) is 0 Å². The molecule has 1 aromatic rings. The van der Waals surface area contributed by atoms with Gasteiger partial charge in [-0.05, 0) is 57.1 Å². The minimum absolute atomic E-state index is 0.242. The molecule has 3 unspecified atom stereocenters. The van der Waals surface area contributed by atoms with Gasteiger partial charge in [0.15, 0.2) is 0 Å². The molecular weight excluding hydrogens is 236 g/mol. The van der Waals surface area contributed by atoms with E-state index in [1.54, 1.807) is 0 Å². The number of hydrogen-bond acceptors (Lipinski definition) is 1. The maximum atomic E-state index is 12.7. The fourth-order valence-electron chi connectivity index (χ4n) is 4.27. The summed E-state index contributed by atoms with van der Waals surface area (Å²) in [6, 6.07) is 4.60. The van der Waals surface area contributed by atoms with Crippen molar-refractivity contribution in [1.29, 1.82) is 0 Å². The van der Waals surface area contributed by atoms with Crippen molar-refractivity contribution in [2.75, 3.05) is 6.54 Å². The number of amides is 1. The van der Waals surface area contributed by atoms with Crippen LogP contribution in [0.2, 0.25) is 0 Å². The van der Waals surface area contributed by atoms with E-state index in [1.807, 2.05) is 0 Å². The van der Waals surface area contributed by atoms with Crippen molar-refractivity contribution < 1.29 is 4.79 Å². The summed E-state index contributed by atoms with van der Waals surface area (Å²) < 4.78 is 2.36. The van der Waals surface area contributed by atoms with Gasteiger partial charge in [-0.1, -0.05) is 0 Å². The molecule has 3 aliphatic rings. The molecule has 4 rings (SSSR count). The van der Waals surface area contributed by atoms with E-state index in [9.17, 15) is 4.79 Å². The van der Waals surface area contributed by atoms with E-state index < -0.39 is 0 Å². The summed E-state index contributed by atoms with van der Waals surface area (Å²) in [6.45, 7) is 6.17. The number of nitrogens with zero attached hydrogens (tertiary/aromatic N) is 2. The first-order valence-corrected chi connectivity index (χ1v) is 7.61. The molecule has 3 nitrogen and oxygen atoms in total. The Morgan fingerprint density at radius 2 is 1.89 bits per heavy atom. The number of hydrogen-bond donors (Lipinski definition) is 0. The molecule has 102 valence electrons. The third kappa shape index (κ3) is 1.67. The lowest BCUT2D eigenvalue weighted by Crippen LogP contribution is -2.43. The van der Waals surface area contributed by atoms with Crippen molar-refractivity contribution in [3.63, 3.8) is 0 Å². The van der Waals surface area contributed by atoms with Gasteiger partial charge in [-0.25, -0.2) is 0 Å². The number of carbonyl (C=O) groups is 1. The molecule has 2 aliphatic carbocycles. The number of aryl methyl sites for hydroxylation is 1. The molecule has 0 aromatic carbocycles. The zero-order valence-electron chi connectivity index (χ0n) is 11.8. The minimum Gasteiger partial charge on any atom is -0.345 e. The third-order valence-corrected chi connectivity index (χ3v) is 5.57. The molecule has 1 aliphatic heterocycles. The average molecular weight is 258 g/mol. The molecule has 2 heterocycles. The molecule has 0 radical (unpaired) electrons. The topological polar surface area (TPSA) is 25.2 Å². The zero-order valence-corrected chi connectivity index (χ0v) is 11.8. The molecule has 0 N–H and O–H groups in total. The van der Waals surface area contributed by atoms with Gasteiger partial charge in [0.2, 0.25) is 5.91 Å². The largest absolute Gasteiger partial charge is 0.345 e. The smallest absolute Gasteiger partial charge is 0.226 e. The van der Waals surface area contributed by atoms with Crippen molar-refractivity contribution in [2.45, 2.75) is 45.7 Å². The molecule has 3 heteroatoms. The first kappa shape index (κ1) is 11.6. The van der Waals surface area contributed by atoms with Crippen molar-refractivity contribution in [3.8, 4) is 0 Å². The standard InChI is InChI=1S/C16H22N2O/c1-10-3-4-15-11(2)18(6-5-17(10)15)16(19)14-8-12-7-13(12)9-14/h3-4,11-14H,5-9H2,1-2H3. The van der Waals surface area contributed by atoms with E-state index in [1.165, 1.54) is 17.8 Å². The Hall–Kier alpha value is -1.25. The van der Waals surface area contributed by atoms with Crippen LogP contribution < -0.4 is 0 Å². The maximum absolute atomic E-state index is 12.7. The van der Waals surface area contributed by atoms with Gasteiger partial charge < -0.3 is 9.47 Å². The quantitative estimate of drug-likeness (QED) is 0.760. The first-order chi connectivity index (χ1) is 9.15. The number of carbonyl (C=O) groups excluding carboxylic acids is 1. The Morgan fingerprint density at radius 3 is 2.63 bits per heavy atom. The highest BCUT2D eigenvalue weighted by Crippen LogP contribution is 2.55. The molecule has 1 amide bonds. The molecule has 19 heavy (non-hydrogen) atoms. The summed E-state index contributed by atoms with van der Waals surface area (Å²) in [7, 11) is 0. The predicted molar refractivity (Wildman–Crippen MR) is 73.6 cm³/mol. The van der Waals surface area contributed by atoms with E-state index in [4.69, 9.17) is 0 Å². The predicted octanol–water partition coefficient (Wildman–Crippen LogP) is 2.75. The molecule has 3 atom stereocenters. The van der Waals surface area contributed by atoms with Gasteiger partial charge in [-0.15, -0.1) is 0 Å². The van der Waals surface area contributed by atoms with Crippen LogP contribution in [0.4, 0.5) is 0 Å². The normalized spacial score (nSPS) is 36.0. The van der Waals surface area contributed by atoms with Crippen LogP contribution in [0.1, 0.15) is 43.6 Å². The second kappa shape index (κ2) is 3.87. The monoisotopic (exact) mass is 258 g/mol. The summed E-state index contributed by atoms with van der Waals surface area (Å²) >= 11 is 0. The molecule has 0 bridgehead atoms. The average Bonchev–Trinajstić information content (AvgIpc) is 2.83. The van der Waals surface area contributed by atoms with Crippen LogP contribution in [-0.2, 0) is 11.3 Å². The van der Waals surface area contributed by atoms with Crippen LogP contribution in [0, 0.1) is 24.7 Å². The Morgan fingerprint density at radius 1 is 1.16 bits per heavy atom. The first-order valence-electron chi connectivity index (χ1n) is 7.61. The number of aromatic nitrogens is 1. The summed E-state index contributed by atoms with van der Waals surface area (Å²) in [5.74, 6) is 2.53. The van der Waals surface area contributed by atoms with Crippen LogP contribution in [0.25, 0.3) is 0 Å². The highest BCUT2D eigenvalue weighted by molar-refractivity contribution is 5.80. The van der Waals surface area contributed by atoms with Crippen LogP contribution in [-0.4, -0.2) is 21.9 Å². The van der Waals surface area contributed by atoms with Crippen molar-refractivity contribution in [1.82, 2.24) is 9.47 Å². The van der Waals surface area contributed by atoms with Gasteiger partial charge in [-0.3, -0.25) is 4.79 Å². The van der Waals surface area contributed by atoms with E-state index in [0.717, 1.165) is 37.8 Å². The molecular formula is C16H22N2O. The van der Waals surface area contributed by atoms with Crippen LogP contribution in [0.5, 0.6) is 0 Å². The van der Waals surface area contributed by atoms with Crippen molar-refractivity contribution >= 4 is 5.91 Å². The summed E-state index contributed by atoms with van der Waals surface area (Å²) in [6.07, 6.45) is 3.71. The highest BCUT2D eigenvalue weighted by atomic mass is 16.2. The van der Waals surface area contributed by atoms with Gasteiger partial charge >= 0.3 is 0 Å². The van der Waals surface area contributed by atoms with Gasteiger partial charge in [-0.2, -0.15) is 0 Å². The Balaban J connectivity index is 1.54. The van der Waals surface area contributed by atoms with Crippen LogP contribution in [0.3, 0.4) is 0 Å². The summed E-state index contributed by atoms with van der Waals surface area (Å²) in [5, 5.41) is 0. The number of rotatable bonds is 1. The second-order valence-electron chi connectivity index (χ2n) is 6.68. The van der Waals surface area contributed by atoms with E-state index in [2.05, 4.69) is 35.4 Å². The molecule has 1 aromatic heterocycles. The van der Waals surface area contributed by atoms with Gasteiger partial charge in [0, 0.05) is 30.4 Å². The lowest BCUT2D eigenvalue weighted by Gasteiger charge is -2.37. The van der Waals surface area contributed by atoms with E-state index in [-0.39, 0.29) is 6.04 Å². The van der Waals surface area contributed by atoms with Gasteiger partial charge in [0.25, 0.3) is 0 Å². The molecule has 2 fully saturated rings. The van der Waals surface area contributed by atoms with E-state index >= 15 is 0 Å². The Labute approximate surface area is 114 Å². The lowest BCUT2D eigenvalue weighted by atomic mass is 10.00. The molecule has 0 spiro atoms. The lowest BCUT2D eigenvalue weighted by molar-refractivity contribution is -0.139. The Bertz CT molecular complexity index is 523. The van der Waals surface area contributed by atoms with E-state index in [0.29, 0.717) is 11.8 Å². The summed E-state index contributed by atoms with van der Waals surface area (Å²) in [5.41, 5.74) is 2.62.